The van der Waals surface area contributed by atoms with Crippen LogP contribution in [0.3, 0.4) is 0 Å². The molecule has 2 aromatic carbocycles. The number of benzene rings is 2. The van der Waals surface area contributed by atoms with Gasteiger partial charge >= 0.3 is 0 Å². The molecule has 0 N–H and O–H groups in total. The third kappa shape index (κ3) is 6.92. The summed E-state index contributed by atoms with van der Waals surface area (Å²) in [4.78, 5) is 22.4. The van der Waals surface area contributed by atoms with Crippen molar-refractivity contribution in [3.05, 3.63) is 48.0 Å². The first-order valence-electron chi connectivity index (χ1n) is 11.2. The average molecular weight is 540 g/mol. The molecule has 0 aliphatic carbocycles. The Kier molecular flexibility index (Phi) is 9.11. The van der Waals surface area contributed by atoms with Crippen LogP contribution in [0.25, 0.3) is 10.2 Å². The second-order valence-corrected chi connectivity index (χ2v) is 11.5. The van der Waals surface area contributed by atoms with Gasteiger partial charge in [-0.3, -0.25) is 14.6 Å². The van der Waals surface area contributed by atoms with Gasteiger partial charge in [-0.1, -0.05) is 11.3 Å². The van der Waals surface area contributed by atoms with Crippen molar-refractivity contribution in [1.29, 1.82) is 0 Å². The van der Waals surface area contributed by atoms with Gasteiger partial charge in [-0.2, -0.15) is 0 Å². The number of anilines is 1. The van der Waals surface area contributed by atoms with Crippen LogP contribution in [0.2, 0.25) is 0 Å². The summed E-state index contributed by atoms with van der Waals surface area (Å²) in [6.07, 6.45) is 1.23. The molecule has 0 radical (unpaired) electrons. The van der Waals surface area contributed by atoms with Crippen LogP contribution in [0.15, 0.2) is 47.4 Å². The molecule has 1 aromatic heterocycles. The molecule has 11 heteroatoms. The summed E-state index contributed by atoms with van der Waals surface area (Å²) in [5.74, 6) is 0.548. The highest BCUT2D eigenvalue weighted by Crippen LogP contribution is 2.31. The summed E-state index contributed by atoms with van der Waals surface area (Å²) in [6, 6.07) is 12.0. The van der Waals surface area contributed by atoms with E-state index in [0.29, 0.717) is 48.3 Å². The van der Waals surface area contributed by atoms with Crippen molar-refractivity contribution in [1.82, 2.24) is 9.88 Å². The fourth-order valence-electron chi connectivity index (χ4n) is 3.69. The summed E-state index contributed by atoms with van der Waals surface area (Å²) < 4.78 is 35.8. The Balaban J connectivity index is 0.00000342. The van der Waals surface area contributed by atoms with Gasteiger partial charge in [0.05, 0.1) is 34.4 Å². The van der Waals surface area contributed by atoms with Crippen molar-refractivity contribution < 1.29 is 22.7 Å². The van der Waals surface area contributed by atoms with Gasteiger partial charge in [-0.25, -0.2) is 13.4 Å². The van der Waals surface area contributed by atoms with E-state index in [1.807, 2.05) is 13.8 Å². The van der Waals surface area contributed by atoms with Crippen LogP contribution in [0, 0.1) is 0 Å². The first kappa shape index (κ1) is 27.3. The van der Waals surface area contributed by atoms with Crippen molar-refractivity contribution in [3.8, 4) is 5.75 Å². The highest BCUT2D eigenvalue weighted by molar-refractivity contribution is 7.90. The minimum Gasteiger partial charge on any atom is -0.491 e. The lowest BCUT2D eigenvalue weighted by molar-refractivity contribution is 0.0391. The molecule has 8 nitrogen and oxygen atoms in total. The van der Waals surface area contributed by atoms with Crippen molar-refractivity contribution in [3.63, 3.8) is 0 Å². The molecule has 0 unspecified atom stereocenters. The quantitative estimate of drug-likeness (QED) is 0.429. The molecular weight excluding hydrogens is 510 g/mol. The van der Waals surface area contributed by atoms with Crippen LogP contribution >= 0.6 is 23.7 Å². The van der Waals surface area contributed by atoms with E-state index >= 15 is 0 Å². The van der Waals surface area contributed by atoms with Gasteiger partial charge in [0.2, 0.25) is 0 Å². The van der Waals surface area contributed by atoms with Gasteiger partial charge in [0, 0.05) is 38.0 Å². The smallest absolute Gasteiger partial charge is 0.260 e. The standard InChI is InChI=1S/C24H29N3O5S2.ClH/c1-17(2)32-19-6-4-18(5-7-19)23(28)27(11-10-26-12-14-31-15-13-26)24-25-21-9-8-20(34(3,29)30)16-22(21)33-24;/h4-9,16-17H,10-15H2,1-3H3;1H. The number of carbonyl (C=O) groups excluding carboxylic acids is 1. The van der Waals surface area contributed by atoms with Gasteiger partial charge < -0.3 is 9.47 Å². The van der Waals surface area contributed by atoms with E-state index in [-0.39, 0.29) is 29.3 Å². The molecule has 1 aliphatic heterocycles. The Morgan fingerprint density at radius 1 is 1.17 bits per heavy atom. The van der Waals surface area contributed by atoms with Gasteiger partial charge in [0.15, 0.2) is 15.0 Å². The largest absolute Gasteiger partial charge is 0.491 e. The van der Waals surface area contributed by atoms with Gasteiger partial charge in [-0.15, -0.1) is 12.4 Å². The molecule has 0 bridgehead atoms. The third-order valence-corrected chi connectivity index (χ3v) is 7.62. The number of amides is 1. The SMILES string of the molecule is CC(C)Oc1ccc(C(=O)N(CCN2CCOCC2)c2nc3ccc(S(C)(=O)=O)cc3s2)cc1.Cl. The minimum absolute atomic E-state index is 0. The summed E-state index contributed by atoms with van der Waals surface area (Å²) in [7, 11) is -3.33. The van der Waals surface area contributed by atoms with E-state index < -0.39 is 9.84 Å². The number of aromatic nitrogens is 1. The second-order valence-electron chi connectivity index (χ2n) is 8.50. The maximum atomic E-state index is 13.6. The Bertz CT molecular complexity index is 1260. The molecule has 1 amide bonds. The highest BCUT2D eigenvalue weighted by atomic mass is 35.5. The second kappa shape index (κ2) is 11.7. The molecule has 0 saturated carbocycles. The summed E-state index contributed by atoms with van der Waals surface area (Å²) in [6.45, 7) is 8.06. The molecule has 2 heterocycles. The molecule has 1 aliphatic rings. The maximum Gasteiger partial charge on any atom is 0.260 e. The van der Waals surface area contributed by atoms with Crippen LogP contribution in [-0.2, 0) is 14.6 Å². The fraction of sp³-hybridized carbons (Fsp3) is 0.417. The molecular formula is C24H30ClN3O5S2. The van der Waals surface area contributed by atoms with Crippen LogP contribution in [0.1, 0.15) is 24.2 Å². The number of fused-ring (bicyclic) bond motifs is 1. The number of hydrogen-bond acceptors (Lipinski definition) is 8. The van der Waals surface area contributed by atoms with Crippen LogP contribution in [-0.4, -0.2) is 76.0 Å². The first-order valence-corrected chi connectivity index (χ1v) is 13.9. The Morgan fingerprint density at radius 2 is 1.86 bits per heavy atom. The van der Waals surface area contributed by atoms with Crippen molar-refractivity contribution in [2.45, 2.75) is 24.8 Å². The third-order valence-electron chi connectivity index (χ3n) is 5.47. The van der Waals surface area contributed by atoms with Crippen molar-refractivity contribution in [2.24, 2.45) is 0 Å². The van der Waals surface area contributed by atoms with Crippen LogP contribution < -0.4 is 9.64 Å². The van der Waals surface area contributed by atoms with E-state index in [2.05, 4.69) is 9.88 Å². The molecule has 190 valence electrons. The predicted octanol–water partition coefficient (Wildman–Crippen LogP) is 3.89. The summed E-state index contributed by atoms with van der Waals surface area (Å²) in [5.41, 5.74) is 1.20. The molecule has 4 rings (SSSR count). The molecule has 1 saturated heterocycles. The van der Waals surface area contributed by atoms with Crippen molar-refractivity contribution in [2.75, 3.05) is 50.5 Å². The van der Waals surface area contributed by atoms with Gasteiger partial charge in [0.1, 0.15) is 5.75 Å². The average Bonchev–Trinajstić information content (AvgIpc) is 3.22. The molecule has 0 atom stereocenters. The van der Waals surface area contributed by atoms with Crippen LogP contribution in [0.5, 0.6) is 5.75 Å². The summed E-state index contributed by atoms with van der Waals surface area (Å²) in [5, 5.41) is 0.543. The minimum atomic E-state index is -3.33. The lowest BCUT2D eigenvalue weighted by atomic mass is 10.2. The first-order chi connectivity index (χ1) is 16.2. The van der Waals surface area contributed by atoms with E-state index in [4.69, 9.17) is 9.47 Å². The van der Waals surface area contributed by atoms with Crippen molar-refractivity contribution >= 4 is 54.8 Å². The number of halogens is 1. The monoisotopic (exact) mass is 539 g/mol. The number of ether oxygens (including phenoxy) is 2. The number of rotatable bonds is 8. The fourth-order valence-corrected chi connectivity index (χ4v) is 5.44. The zero-order valence-corrected chi connectivity index (χ0v) is 22.4. The zero-order chi connectivity index (χ0) is 24.3. The number of hydrogen-bond donors (Lipinski definition) is 0. The Morgan fingerprint density at radius 3 is 2.49 bits per heavy atom. The molecule has 0 spiro atoms. The maximum absolute atomic E-state index is 13.6. The van der Waals surface area contributed by atoms with Gasteiger partial charge in [-0.05, 0) is 56.3 Å². The van der Waals surface area contributed by atoms with E-state index in [1.54, 1.807) is 47.4 Å². The van der Waals surface area contributed by atoms with E-state index in [1.165, 1.54) is 17.6 Å². The highest BCUT2D eigenvalue weighted by Gasteiger charge is 2.23. The molecule has 1 fully saturated rings. The Hall–Kier alpha value is -2.24. The van der Waals surface area contributed by atoms with E-state index in [0.717, 1.165) is 17.8 Å². The summed E-state index contributed by atoms with van der Waals surface area (Å²) >= 11 is 1.32. The number of morpholine rings is 1. The number of nitrogens with zero attached hydrogens (tertiary/aromatic N) is 3. The van der Waals surface area contributed by atoms with Crippen LogP contribution in [0.4, 0.5) is 5.13 Å². The zero-order valence-electron chi connectivity index (χ0n) is 20.0. The number of sulfone groups is 1. The molecule has 35 heavy (non-hydrogen) atoms. The topological polar surface area (TPSA) is 89.0 Å². The van der Waals surface area contributed by atoms with E-state index in [9.17, 15) is 13.2 Å². The van der Waals surface area contributed by atoms with Gasteiger partial charge in [0.25, 0.3) is 5.91 Å². The molecule has 3 aromatic rings. The normalized spacial score (nSPS) is 14.6. The lowest BCUT2D eigenvalue weighted by Gasteiger charge is -2.29. The predicted molar refractivity (Wildman–Crippen MR) is 141 cm³/mol. The number of thiazole rings is 1. The lowest BCUT2D eigenvalue weighted by Crippen LogP contribution is -2.43. The number of carbonyl (C=O) groups is 1. The Labute approximate surface area is 216 Å².